The molecule has 2 rings (SSSR count). The molecule has 0 heterocycles. The standard InChI is InChI=1S/C16H18BrNO.ClH/c1-19-16-7-5-13(6-8-16)9-10-18-12-14-3-2-4-15(17)11-14;/h2-8,11,18H,9-10,12H2,1H3;1H. The smallest absolute Gasteiger partial charge is 0.118 e. The van der Waals surface area contributed by atoms with Crippen LogP contribution in [0.5, 0.6) is 5.75 Å². The second-order valence-electron chi connectivity index (χ2n) is 4.40. The Morgan fingerprint density at radius 2 is 1.80 bits per heavy atom. The molecule has 0 saturated heterocycles. The highest BCUT2D eigenvalue weighted by Crippen LogP contribution is 2.12. The third-order valence-corrected chi connectivity index (χ3v) is 3.46. The van der Waals surface area contributed by atoms with Crippen LogP contribution in [-0.4, -0.2) is 13.7 Å². The zero-order valence-electron chi connectivity index (χ0n) is 11.4. The van der Waals surface area contributed by atoms with Crippen LogP contribution < -0.4 is 10.1 Å². The van der Waals surface area contributed by atoms with E-state index in [1.54, 1.807) is 7.11 Å². The van der Waals surface area contributed by atoms with E-state index in [0.29, 0.717) is 0 Å². The average molecular weight is 357 g/mol. The summed E-state index contributed by atoms with van der Waals surface area (Å²) < 4.78 is 6.27. The van der Waals surface area contributed by atoms with Crippen LogP contribution in [0.4, 0.5) is 0 Å². The van der Waals surface area contributed by atoms with Gasteiger partial charge in [-0.15, -0.1) is 12.4 Å². The quantitative estimate of drug-likeness (QED) is 0.783. The Bertz CT molecular complexity index is 516. The van der Waals surface area contributed by atoms with E-state index in [0.717, 1.165) is 29.7 Å². The van der Waals surface area contributed by atoms with Crippen molar-refractivity contribution in [2.75, 3.05) is 13.7 Å². The van der Waals surface area contributed by atoms with Crippen molar-refractivity contribution < 1.29 is 4.74 Å². The maximum Gasteiger partial charge on any atom is 0.118 e. The lowest BCUT2D eigenvalue weighted by molar-refractivity contribution is 0.414. The number of rotatable bonds is 6. The van der Waals surface area contributed by atoms with Crippen LogP contribution in [0.1, 0.15) is 11.1 Å². The molecule has 4 heteroatoms. The number of benzene rings is 2. The fraction of sp³-hybridized carbons (Fsp3) is 0.250. The van der Waals surface area contributed by atoms with Crippen molar-refractivity contribution in [2.45, 2.75) is 13.0 Å². The summed E-state index contributed by atoms with van der Waals surface area (Å²) in [5.41, 5.74) is 2.62. The molecule has 0 saturated carbocycles. The van der Waals surface area contributed by atoms with E-state index in [9.17, 15) is 0 Å². The summed E-state index contributed by atoms with van der Waals surface area (Å²) in [4.78, 5) is 0. The van der Waals surface area contributed by atoms with Crippen molar-refractivity contribution in [3.8, 4) is 5.75 Å². The fourth-order valence-electron chi connectivity index (χ4n) is 1.90. The zero-order chi connectivity index (χ0) is 13.5. The van der Waals surface area contributed by atoms with Crippen molar-refractivity contribution in [1.29, 1.82) is 0 Å². The summed E-state index contributed by atoms with van der Waals surface area (Å²) >= 11 is 3.48. The molecule has 108 valence electrons. The Balaban J connectivity index is 0.00000200. The van der Waals surface area contributed by atoms with Crippen molar-refractivity contribution in [2.24, 2.45) is 0 Å². The van der Waals surface area contributed by atoms with Crippen LogP contribution in [0.3, 0.4) is 0 Å². The molecule has 2 aromatic carbocycles. The number of methoxy groups -OCH3 is 1. The summed E-state index contributed by atoms with van der Waals surface area (Å²) in [7, 11) is 1.69. The van der Waals surface area contributed by atoms with E-state index in [2.05, 4.69) is 51.6 Å². The molecule has 0 fully saturated rings. The van der Waals surface area contributed by atoms with Crippen LogP contribution in [0.15, 0.2) is 53.0 Å². The molecule has 0 unspecified atom stereocenters. The molecule has 0 aromatic heterocycles. The third-order valence-electron chi connectivity index (χ3n) is 2.97. The predicted octanol–water partition coefficient (Wildman–Crippen LogP) is 4.21. The van der Waals surface area contributed by atoms with Gasteiger partial charge in [-0.3, -0.25) is 0 Å². The lowest BCUT2D eigenvalue weighted by Crippen LogP contribution is -2.16. The van der Waals surface area contributed by atoms with Gasteiger partial charge >= 0.3 is 0 Å². The average Bonchev–Trinajstić information content (AvgIpc) is 2.44. The Morgan fingerprint density at radius 3 is 2.45 bits per heavy atom. The molecular weight excluding hydrogens is 338 g/mol. The molecule has 0 aliphatic carbocycles. The molecule has 0 bridgehead atoms. The summed E-state index contributed by atoms with van der Waals surface area (Å²) in [6.07, 6.45) is 1.03. The highest BCUT2D eigenvalue weighted by Gasteiger charge is 1.96. The van der Waals surface area contributed by atoms with E-state index >= 15 is 0 Å². The third kappa shape index (κ3) is 5.53. The first-order valence-electron chi connectivity index (χ1n) is 6.36. The van der Waals surface area contributed by atoms with Crippen molar-refractivity contribution >= 4 is 28.3 Å². The van der Waals surface area contributed by atoms with Crippen molar-refractivity contribution in [1.82, 2.24) is 5.32 Å². The second-order valence-corrected chi connectivity index (χ2v) is 5.32. The van der Waals surface area contributed by atoms with Crippen LogP contribution >= 0.6 is 28.3 Å². The topological polar surface area (TPSA) is 21.3 Å². The minimum absolute atomic E-state index is 0. The summed E-state index contributed by atoms with van der Waals surface area (Å²) in [5.74, 6) is 0.908. The fourth-order valence-corrected chi connectivity index (χ4v) is 2.35. The first-order valence-corrected chi connectivity index (χ1v) is 7.15. The van der Waals surface area contributed by atoms with Crippen molar-refractivity contribution in [3.63, 3.8) is 0 Å². The minimum atomic E-state index is 0. The van der Waals surface area contributed by atoms with Crippen LogP contribution in [0.2, 0.25) is 0 Å². The molecular formula is C16H19BrClNO. The number of nitrogens with one attached hydrogen (secondary N) is 1. The van der Waals surface area contributed by atoms with E-state index in [-0.39, 0.29) is 12.4 Å². The van der Waals surface area contributed by atoms with Crippen LogP contribution in [-0.2, 0) is 13.0 Å². The van der Waals surface area contributed by atoms with E-state index in [1.165, 1.54) is 11.1 Å². The Labute approximate surface area is 135 Å². The molecule has 2 aromatic rings. The lowest BCUT2D eigenvalue weighted by Gasteiger charge is -2.06. The first-order chi connectivity index (χ1) is 9.28. The van der Waals surface area contributed by atoms with Crippen LogP contribution in [0.25, 0.3) is 0 Å². The van der Waals surface area contributed by atoms with Crippen molar-refractivity contribution in [3.05, 3.63) is 64.1 Å². The maximum absolute atomic E-state index is 5.14. The van der Waals surface area contributed by atoms with Gasteiger partial charge < -0.3 is 10.1 Å². The monoisotopic (exact) mass is 355 g/mol. The molecule has 0 amide bonds. The Hall–Kier alpha value is -1.03. The summed E-state index contributed by atoms with van der Waals surface area (Å²) in [6.45, 7) is 1.87. The maximum atomic E-state index is 5.14. The van der Waals surface area contributed by atoms with Gasteiger partial charge in [-0.1, -0.05) is 40.2 Å². The molecule has 0 spiro atoms. The van der Waals surface area contributed by atoms with E-state index < -0.39 is 0 Å². The molecule has 0 radical (unpaired) electrons. The van der Waals surface area contributed by atoms with Gasteiger partial charge in [0.05, 0.1) is 7.11 Å². The van der Waals surface area contributed by atoms with E-state index in [1.807, 2.05) is 18.2 Å². The van der Waals surface area contributed by atoms with Gasteiger partial charge in [-0.05, 0) is 48.4 Å². The number of ether oxygens (including phenoxy) is 1. The Morgan fingerprint density at radius 1 is 1.05 bits per heavy atom. The number of hydrogen-bond donors (Lipinski definition) is 1. The summed E-state index contributed by atoms with van der Waals surface area (Å²) in [5, 5.41) is 3.45. The number of halogens is 2. The molecule has 2 nitrogen and oxygen atoms in total. The normalized spacial score (nSPS) is 9.90. The van der Waals surface area contributed by atoms with Gasteiger partial charge in [0.25, 0.3) is 0 Å². The molecule has 0 aliphatic rings. The molecule has 1 N–H and O–H groups in total. The summed E-state index contributed by atoms with van der Waals surface area (Å²) in [6, 6.07) is 16.6. The van der Waals surface area contributed by atoms with Gasteiger partial charge in [0, 0.05) is 11.0 Å². The van der Waals surface area contributed by atoms with Gasteiger partial charge in [-0.25, -0.2) is 0 Å². The highest BCUT2D eigenvalue weighted by molar-refractivity contribution is 9.10. The largest absolute Gasteiger partial charge is 0.497 e. The molecule has 0 aliphatic heterocycles. The van der Waals surface area contributed by atoms with E-state index in [4.69, 9.17) is 4.74 Å². The van der Waals surface area contributed by atoms with Gasteiger partial charge in [0.15, 0.2) is 0 Å². The highest BCUT2D eigenvalue weighted by atomic mass is 79.9. The molecule has 20 heavy (non-hydrogen) atoms. The lowest BCUT2D eigenvalue weighted by atomic mass is 10.1. The SMILES string of the molecule is COc1ccc(CCNCc2cccc(Br)c2)cc1.Cl. The second kappa shape index (κ2) is 9.01. The van der Waals surface area contributed by atoms with Gasteiger partial charge in [0.1, 0.15) is 5.75 Å². The number of hydrogen-bond acceptors (Lipinski definition) is 2. The minimum Gasteiger partial charge on any atom is -0.497 e. The Kier molecular flexibility index (Phi) is 7.67. The van der Waals surface area contributed by atoms with Gasteiger partial charge in [0.2, 0.25) is 0 Å². The zero-order valence-corrected chi connectivity index (χ0v) is 13.8. The van der Waals surface area contributed by atoms with Crippen LogP contribution in [0, 0.1) is 0 Å². The molecule has 0 atom stereocenters. The van der Waals surface area contributed by atoms with Gasteiger partial charge in [-0.2, -0.15) is 0 Å². The predicted molar refractivity (Wildman–Crippen MR) is 89.8 cm³/mol. The first kappa shape index (κ1) is 17.0.